The van der Waals surface area contributed by atoms with Gasteiger partial charge in [0.05, 0.1) is 19.5 Å². The Labute approximate surface area is 184 Å². The number of imidazole rings is 1. The van der Waals surface area contributed by atoms with Gasteiger partial charge in [0.25, 0.3) is 5.56 Å². The summed E-state index contributed by atoms with van der Waals surface area (Å²) in [6.07, 6.45) is 3.20. The van der Waals surface area contributed by atoms with Crippen LogP contribution in [0.25, 0.3) is 11.2 Å². The van der Waals surface area contributed by atoms with Crippen molar-refractivity contribution in [2.75, 3.05) is 20.3 Å². The molecule has 10 nitrogen and oxygen atoms in total. The van der Waals surface area contributed by atoms with Gasteiger partial charge in [0.1, 0.15) is 12.3 Å². The maximum absolute atomic E-state index is 13.4. The molecule has 1 saturated heterocycles. The number of rotatable bonds is 7. The topological polar surface area (TPSA) is 101 Å². The van der Waals surface area contributed by atoms with E-state index in [1.54, 1.807) is 23.6 Å². The number of amides is 1. The highest BCUT2D eigenvalue weighted by Crippen LogP contribution is 2.21. The Morgan fingerprint density at radius 1 is 1.28 bits per heavy atom. The third kappa shape index (κ3) is 4.05. The number of carbonyl (C=O) groups excluding carboxylic acids is 1. The fourth-order valence-corrected chi connectivity index (χ4v) is 4.10. The zero-order valence-corrected chi connectivity index (χ0v) is 18.5. The molecule has 0 N–H and O–H groups in total. The molecule has 0 aliphatic carbocycles. The Morgan fingerprint density at radius 3 is 2.78 bits per heavy atom. The smallest absolute Gasteiger partial charge is 0.332 e. The lowest BCUT2D eigenvalue weighted by atomic mass is 10.1. The number of benzene rings is 1. The van der Waals surface area contributed by atoms with Crippen molar-refractivity contribution in [3.63, 3.8) is 0 Å². The van der Waals surface area contributed by atoms with Crippen molar-refractivity contribution in [2.45, 2.75) is 32.0 Å². The average Bonchev–Trinajstić information content (AvgIpc) is 3.44. The third-order valence-electron chi connectivity index (χ3n) is 5.85. The number of methoxy groups -OCH3 is 1. The quantitative estimate of drug-likeness (QED) is 0.534. The van der Waals surface area contributed by atoms with Crippen molar-refractivity contribution in [1.29, 1.82) is 0 Å². The summed E-state index contributed by atoms with van der Waals surface area (Å²) < 4.78 is 15.0. The van der Waals surface area contributed by atoms with Crippen LogP contribution in [-0.4, -0.2) is 55.9 Å². The maximum Gasteiger partial charge on any atom is 0.332 e. The molecule has 1 aliphatic heterocycles. The standard InChI is InChI=1S/C22H27N5O5/c1-24-14-23-20-19(24)21(29)27(22(30)25(20)2)13-18(28)26(12-16-8-6-10-32-16)11-15-7-4-5-9-17(15)31-3/h4-5,7,9,14,16H,6,8,10-13H2,1-3H3. The number of fused-ring (bicyclic) bond motifs is 1. The summed E-state index contributed by atoms with van der Waals surface area (Å²) in [7, 11) is 4.80. The van der Waals surface area contributed by atoms with Crippen LogP contribution >= 0.6 is 0 Å². The van der Waals surface area contributed by atoms with Gasteiger partial charge in [0.15, 0.2) is 11.2 Å². The molecule has 2 aromatic heterocycles. The first-order chi connectivity index (χ1) is 15.4. The number of hydrogen-bond acceptors (Lipinski definition) is 6. The minimum absolute atomic E-state index is 0.0761. The molecular formula is C22H27N5O5. The lowest BCUT2D eigenvalue weighted by Crippen LogP contribution is -2.46. The first-order valence-corrected chi connectivity index (χ1v) is 10.5. The number of aromatic nitrogens is 4. The van der Waals surface area contributed by atoms with Gasteiger partial charge in [-0.1, -0.05) is 18.2 Å². The molecule has 1 atom stereocenters. The molecule has 10 heteroatoms. The summed E-state index contributed by atoms with van der Waals surface area (Å²) >= 11 is 0. The van der Waals surface area contributed by atoms with Crippen LogP contribution in [0.15, 0.2) is 40.2 Å². The van der Waals surface area contributed by atoms with E-state index >= 15 is 0 Å². The summed E-state index contributed by atoms with van der Waals surface area (Å²) in [5.74, 6) is 0.328. The number of carbonyl (C=O) groups is 1. The van der Waals surface area contributed by atoms with E-state index in [2.05, 4.69) is 4.98 Å². The highest BCUT2D eigenvalue weighted by atomic mass is 16.5. The fraction of sp³-hybridized carbons (Fsp3) is 0.455. The molecule has 3 heterocycles. The minimum Gasteiger partial charge on any atom is -0.496 e. The molecule has 32 heavy (non-hydrogen) atoms. The van der Waals surface area contributed by atoms with Crippen molar-refractivity contribution in [3.05, 3.63) is 57.0 Å². The molecule has 1 fully saturated rings. The zero-order chi connectivity index (χ0) is 22.8. The normalized spacial score (nSPS) is 15.9. The fourth-order valence-electron chi connectivity index (χ4n) is 4.10. The molecule has 0 spiro atoms. The Kier molecular flexibility index (Phi) is 6.13. The monoisotopic (exact) mass is 441 g/mol. The van der Waals surface area contributed by atoms with E-state index in [1.165, 1.54) is 17.9 Å². The number of para-hydroxylation sites is 1. The predicted octanol–water partition coefficient (Wildman–Crippen LogP) is 0.650. The van der Waals surface area contributed by atoms with Crippen LogP contribution < -0.4 is 16.0 Å². The van der Waals surface area contributed by atoms with Crippen LogP contribution in [-0.2, 0) is 36.7 Å². The summed E-state index contributed by atoms with van der Waals surface area (Å²) in [4.78, 5) is 45.0. The van der Waals surface area contributed by atoms with Gasteiger partial charge in [0.2, 0.25) is 5.91 Å². The Bertz CT molecular complexity index is 1250. The van der Waals surface area contributed by atoms with E-state index in [9.17, 15) is 14.4 Å². The van der Waals surface area contributed by atoms with E-state index < -0.39 is 11.2 Å². The molecule has 1 amide bonds. The van der Waals surface area contributed by atoms with Crippen LogP contribution in [0.1, 0.15) is 18.4 Å². The first kappa shape index (κ1) is 21.8. The molecule has 1 aliphatic rings. The van der Waals surface area contributed by atoms with Gasteiger partial charge in [0, 0.05) is 39.4 Å². The predicted molar refractivity (Wildman–Crippen MR) is 118 cm³/mol. The van der Waals surface area contributed by atoms with Crippen molar-refractivity contribution >= 4 is 17.1 Å². The van der Waals surface area contributed by atoms with Crippen LogP contribution in [0.4, 0.5) is 0 Å². The van der Waals surface area contributed by atoms with Crippen molar-refractivity contribution in [3.8, 4) is 5.75 Å². The highest BCUT2D eigenvalue weighted by molar-refractivity contribution is 5.77. The van der Waals surface area contributed by atoms with E-state index in [0.717, 1.165) is 23.0 Å². The van der Waals surface area contributed by atoms with Gasteiger partial charge in [-0.25, -0.2) is 14.3 Å². The van der Waals surface area contributed by atoms with Gasteiger partial charge in [-0.2, -0.15) is 0 Å². The highest BCUT2D eigenvalue weighted by Gasteiger charge is 2.25. The first-order valence-electron chi connectivity index (χ1n) is 10.5. The SMILES string of the molecule is COc1ccccc1CN(CC1CCCO1)C(=O)Cn1c(=O)c2c(ncn2C)n(C)c1=O. The van der Waals surface area contributed by atoms with E-state index in [1.807, 2.05) is 24.3 Å². The second-order valence-corrected chi connectivity index (χ2v) is 7.98. The van der Waals surface area contributed by atoms with Crippen molar-refractivity contribution in [1.82, 2.24) is 23.6 Å². The molecule has 0 saturated carbocycles. The second-order valence-electron chi connectivity index (χ2n) is 7.98. The van der Waals surface area contributed by atoms with E-state index in [0.29, 0.717) is 18.9 Å². The summed E-state index contributed by atoms with van der Waals surface area (Å²) in [6.45, 7) is 0.957. The van der Waals surface area contributed by atoms with Crippen LogP contribution in [0.3, 0.4) is 0 Å². The average molecular weight is 441 g/mol. The van der Waals surface area contributed by atoms with Gasteiger partial charge in [-0.15, -0.1) is 0 Å². The van der Waals surface area contributed by atoms with Crippen LogP contribution in [0.5, 0.6) is 5.75 Å². The largest absolute Gasteiger partial charge is 0.496 e. The number of nitrogens with zero attached hydrogens (tertiary/aromatic N) is 5. The molecule has 4 rings (SSSR count). The summed E-state index contributed by atoms with van der Waals surface area (Å²) in [5, 5.41) is 0. The molecule has 0 radical (unpaired) electrons. The van der Waals surface area contributed by atoms with Gasteiger partial charge in [-0.3, -0.25) is 14.2 Å². The maximum atomic E-state index is 13.4. The Balaban J connectivity index is 1.67. The Hall–Kier alpha value is -3.40. The number of ether oxygens (including phenoxy) is 2. The molecule has 0 bridgehead atoms. The third-order valence-corrected chi connectivity index (χ3v) is 5.85. The summed E-state index contributed by atoms with van der Waals surface area (Å²) in [5.41, 5.74) is 0.283. The van der Waals surface area contributed by atoms with E-state index in [4.69, 9.17) is 9.47 Å². The van der Waals surface area contributed by atoms with Crippen molar-refractivity contribution < 1.29 is 14.3 Å². The van der Waals surface area contributed by atoms with Crippen LogP contribution in [0.2, 0.25) is 0 Å². The zero-order valence-electron chi connectivity index (χ0n) is 18.5. The number of hydrogen-bond donors (Lipinski definition) is 0. The van der Waals surface area contributed by atoms with Crippen LogP contribution in [0, 0.1) is 0 Å². The molecule has 1 aromatic carbocycles. The molecule has 3 aromatic rings. The second kappa shape index (κ2) is 8.99. The number of aryl methyl sites for hydroxylation is 2. The van der Waals surface area contributed by atoms with Gasteiger partial charge < -0.3 is 18.9 Å². The molecule has 170 valence electrons. The molecular weight excluding hydrogens is 414 g/mol. The van der Waals surface area contributed by atoms with Gasteiger partial charge in [-0.05, 0) is 18.9 Å². The molecule has 1 unspecified atom stereocenters. The van der Waals surface area contributed by atoms with Crippen molar-refractivity contribution in [2.24, 2.45) is 14.1 Å². The lowest BCUT2D eigenvalue weighted by Gasteiger charge is -2.26. The minimum atomic E-state index is -0.580. The lowest BCUT2D eigenvalue weighted by molar-refractivity contribution is -0.134. The Morgan fingerprint density at radius 2 is 2.06 bits per heavy atom. The summed E-state index contributed by atoms with van der Waals surface area (Å²) in [6, 6.07) is 7.46. The van der Waals surface area contributed by atoms with E-state index in [-0.39, 0.29) is 36.3 Å². The van der Waals surface area contributed by atoms with Gasteiger partial charge >= 0.3 is 5.69 Å².